The number of benzene rings is 1. The number of nitriles is 1. The number of carbonyl (C=O) groups excluding carboxylic acids is 1. The highest BCUT2D eigenvalue weighted by atomic mass is 19.1. The molecule has 0 bridgehead atoms. The Morgan fingerprint density at radius 1 is 1.06 bits per heavy atom. The molecule has 0 radical (unpaired) electrons. The number of hydrogen-bond donors (Lipinski definition) is 1. The maximum atomic E-state index is 13.9. The van der Waals surface area contributed by atoms with Crippen molar-refractivity contribution in [1.82, 2.24) is 9.97 Å². The Morgan fingerprint density at radius 2 is 1.85 bits per heavy atom. The van der Waals surface area contributed by atoms with Crippen molar-refractivity contribution < 1.29 is 9.18 Å². The lowest BCUT2D eigenvalue weighted by Crippen LogP contribution is -2.30. The van der Waals surface area contributed by atoms with Gasteiger partial charge in [-0.25, -0.2) is 9.37 Å². The summed E-state index contributed by atoms with van der Waals surface area (Å²) in [6.07, 6.45) is 9.60. The second-order valence-electron chi connectivity index (χ2n) is 10.1. The first kappa shape index (κ1) is 20.3. The Hall–Kier alpha value is -3.33. The molecule has 1 aromatic carbocycles. The van der Waals surface area contributed by atoms with Crippen molar-refractivity contribution in [2.24, 2.45) is 23.2 Å². The Balaban J connectivity index is 1.15. The Morgan fingerprint density at radius 3 is 2.52 bits per heavy atom. The third-order valence-electron chi connectivity index (χ3n) is 8.35. The predicted molar refractivity (Wildman–Crippen MR) is 123 cm³/mol. The van der Waals surface area contributed by atoms with E-state index >= 15 is 0 Å². The van der Waals surface area contributed by atoms with E-state index in [1.807, 2.05) is 12.3 Å². The number of hydrogen-bond acceptors (Lipinski definition) is 4. The van der Waals surface area contributed by atoms with E-state index in [1.165, 1.54) is 17.8 Å². The number of amides is 1. The van der Waals surface area contributed by atoms with Crippen molar-refractivity contribution in [3.05, 3.63) is 65.7 Å². The van der Waals surface area contributed by atoms with Gasteiger partial charge >= 0.3 is 0 Å². The van der Waals surface area contributed by atoms with Gasteiger partial charge in [-0.1, -0.05) is 0 Å². The molecule has 2 aromatic heterocycles. The molecule has 3 aromatic rings. The molecule has 1 N–H and O–H groups in total. The fourth-order valence-electron chi connectivity index (χ4n) is 6.55. The Labute approximate surface area is 192 Å². The summed E-state index contributed by atoms with van der Waals surface area (Å²) < 4.78 is 13.9. The number of carbonyl (C=O) groups is 1. The van der Waals surface area contributed by atoms with Gasteiger partial charge in [-0.2, -0.15) is 5.26 Å². The van der Waals surface area contributed by atoms with Crippen molar-refractivity contribution in [2.45, 2.75) is 44.4 Å². The predicted octanol–water partition coefficient (Wildman–Crippen LogP) is 5.58. The molecule has 6 heteroatoms. The van der Waals surface area contributed by atoms with E-state index < -0.39 is 0 Å². The van der Waals surface area contributed by atoms with Gasteiger partial charge in [-0.15, -0.1) is 0 Å². The lowest BCUT2D eigenvalue weighted by Gasteiger charge is -2.24. The van der Waals surface area contributed by atoms with Crippen molar-refractivity contribution in [3.8, 4) is 6.07 Å². The molecule has 6 rings (SSSR count). The van der Waals surface area contributed by atoms with Crippen LogP contribution in [0.25, 0.3) is 10.9 Å². The molecule has 2 heterocycles. The molecule has 0 saturated heterocycles. The average Bonchev–Trinajstić information content (AvgIpc) is 3.40. The summed E-state index contributed by atoms with van der Waals surface area (Å²) in [7, 11) is 0. The zero-order valence-electron chi connectivity index (χ0n) is 18.3. The maximum absolute atomic E-state index is 13.9. The van der Waals surface area contributed by atoms with Crippen LogP contribution in [0.3, 0.4) is 0 Å². The molecule has 5 nitrogen and oxygen atoms in total. The number of nitrogens with one attached hydrogen (secondary N) is 1. The van der Waals surface area contributed by atoms with Crippen molar-refractivity contribution >= 4 is 22.6 Å². The molecule has 2 unspecified atom stereocenters. The molecule has 3 fully saturated rings. The number of aromatic nitrogens is 2. The molecule has 33 heavy (non-hydrogen) atoms. The summed E-state index contributed by atoms with van der Waals surface area (Å²) in [6.45, 7) is 0. The van der Waals surface area contributed by atoms with Gasteiger partial charge in [0.1, 0.15) is 17.7 Å². The molecule has 0 aliphatic heterocycles. The summed E-state index contributed by atoms with van der Waals surface area (Å²) in [5, 5.41) is 12.9. The monoisotopic (exact) mass is 440 g/mol. The molecule has 166 valence electrons. The van der Waals surface area contributed by atoms with Gasteiger partial charge in [-0.3, -0.25) is 9.78 Å². The second-order valence-corrected chi connectivity index (χ2v) is 10.1. The molecule has 3 aliphatic carbocycles. The molecule has 1 amide bonds. The van der Waals surface area contributed by atoms with Crippen LogP contribution in [-0.4, -0.2) is 15.9 Å². The molecular formula is C27H25FN4O. The summed E-state index contributed by atoms with van der Waals surface area (Å²) in [5.41, 5.74) is 2.30. The van der Waals surface area contributed by atoms with Crippen LogP contribution >= 0.6 is 0 Å². The normalized spacial score (nSPS) is 27.2. The minimum absolute atomic E-state index is 0.0804. The lowest BCUT2D eigenvalue weighted by atomic mass is 9.83. The second kappa shape index (κ2) is 7.62. The minimum Gasteiger partial charge on any atom is -0.310 e. The SMILES string of the molecule is N#Cc1ccc(NC(=O)C2(C3CC4CC(c5ccnc6ccc(F)cc56)CC4C3)CC2)nc1. The van der Waals surface area contributed by atoms with E-state index in [2.05, 4.69) is 21.4 Å². The van der Waals surface area contributed by atoms with Gasteiger partial charge < -0.3 is 5.32 Å². The summed E-state index contributed by atoms with van der Waals surface area (Å²) >= 11 is 0. The molecule has 2 atom stereocenters. The van der Waals surface area contributed by atoms with E-state index in [0.717, 1.165) is 49.4 Å². The Kier molecular flexibility index (Phi) is 4.69. The third kappa shape index (κ3) is 3.47. The fraction of sp³-hybridized carbons (Fsp3) is 0.407. The van der Waals surface area contributed by atoms with Crippen LogP contribution < -0.4 is 5.32 Å². The van der Waals surface area contributed by atoms with Gasteiger partial charge in [0.2, 0.25) is 5.91 Å². The number of pyridine rings is 2. The van der Waals surface area contributed by atoms with Crippen LogP contribution in [0.4, 0.5) is 10.2 Å². The quantitative estimate of drug-likeness (QED) is 0.574. The van der Waals surface area contributed by atoms with E-state index in [4.69, 9.17) is 5.26 Å². The maximum Gasteiger partial charge on any atom is 0.232 e. The van der Waals surface area contributed by atoms with Gasteiger partial charge in [0.15, 0.2) is 0 Å². The number of halogens is 1. The van der Waals surface area contributed by atoms with E-state index in [9.17, 15) is 9.18 Å². The standard InChI is InChI=1S/C27H25FN4O/c28-21-2-3-24-23(13-21)22(5-8-30-24)19-9-17-11-20(12-18(17)10-19)27(6-7-27)26(33)32-25-4-1-16(14-29)15-31-25/h1-5,8,13,15,17-20H,6-7,9-12H2,(H,31,32,33). The molecular weight excluding hydrogens is 415 g/mol. The van der Waals surface area contributed by atoms with Gasteiger partial charge in [-0.05, 0) is 104 Å². The summed E-state index contributed by atoms with van der Waals surface area (Å²) in [4.78, 5) is 21.8. The zero-order chi connectivity index (χ0) is 22.6. The summed E-state index contributed by atoms with van der Waals surface area (Å²) in [5.74, 6) is 2.47. The van der Waals surface area contributed by atoms with Crippen LogP contribution in [0, 0.1) is 40.3 Å². The van der Waals surface area contributed by atoms with Gasteiger partial charge in [0.25, 0.3) is 0 Å². The Bertz CT molecular complexity index is 1260. The topological polar surface area (TPSA) is 78.7 Å². The van der Waals surface area contributed by atoms with Crippen LogP contribution in [0.2, 0.25) is 0 Å². The van der Waals surface area contributed by atoms with E-state index in [1.54, 1.807) is 24.3 Å². The highest BCUT2D eigenvalue weighted by Gasteiger charge is 2.59. The van der Waals surface area contributed by atoms with Crippen molar-refractivity contribution in [1.29, 1.82) is 5.26 Å². The van der Waals surface area contributed by atoms with Crippen LogP contribution in [0.5, 0.6) is 0 Å². The third-order valence-corrected chi connectivity index (χ3v) is 8.35. The van der Waals surface area contributed by atoms with Crippen molar-refractivity contribution in [3.63, 3.8) is 0 Å². The van der Waals surface area contributed by atoms with E-state index in [-0.39, 0.29) is 17.1 Å². The molecule has 3 saturated carbocycles. The summed E-state index contributed by atoms with van der Waals surface area (Å²) in [6, 6.07) is 12.3. The highest BCUT2D eigenvalue weighted by Crippen LogP contribution is 2.63. The van der Waals surface area contributed by atoms with Gasteiger partial charge in [0, 0.05) is 17.8 Å². The van der Waals surface area contributed by atoms with Crippen LogP contribution in [0.15, 0.2) is 48.8 Å². The number of anilines is 1. The largest absolute Gasteiger partial charge is 0.310 e. The first-order chi connectivity index (χ1) is 16.1. The molecule has 3 aliphatic rings. The fourth-order valence-corrected chi connectivity index (χ4v) is 6.55. The first-order valence-electron chi connectivity index (χ1n) is 11.8. The lowest BCUT2D eigenvalue weighted by molar-refractivity contribution is -0.123. The minimum atomic E-state index is -0.262. The highest BCUT2D eigenvalue weighted by molar-refractivity contribution is 5.96. The number of nitrogens with zero attached hydrogens (tertiary/aromatic N) is 3. The van der Waals surface area contributed by atoms with E-state index in [0.29, 0.717) is 35.1 Å². The molecule has 0 spiro atoms. The zero-order valence-corrected chi connectivity index (χ0v) is 18.3. The first-order valence-corrected chi connectivity index (χ1v) is 11.8. The number of rotatable bonds is 4. The smallest absolute Gasteiger partial charge is 0.232 e. The van der Waals surface area contributed by atoms with Gasteiger partial charge in [0.05, 0.1) is 16.5 Å². The van der Waals surface area contributed by atoms with Crippen molar-refractivity contribution in [2.75, 3.05) is 5.32 Å². The van der Waals surface area contributed by atoms with Crippen LogP contribution in [-0.2, 0) is 4.79 Å². The van der Waals surface area contributed by atoms with Crippen LogP contribution in [0.1, 0.15) is 55.6 Å². The average molecular weight is 441 g/mol. The number of fused-ring (bicyclic) bond motifs is 2.